The van der Waals surface area contributed by atoms with Crippen LogP contribution < -0.4 is 15.4 Å². The van der Waals surface area contributed by atoms with E-state index in [0.29, 0.717) is 24.4 Å². The molecule has 0 bridgehead atoms. The summed E-state index contributed by atoms with van der Waals surface area (Å²) in [5.41, 5.74) is 0.519. The number of esters is 1. The summed E-state index contributed by atoms with van der Waals surface area (Å²) in [5.74, 6) is -2.73. The number of benzene rings is 2. The number of carboxylic acid groups (broad SMARTS) is 1. The number of aromatic hydroxyl groups is 1. The van der Waals surface area contributed by atoms with Crippen molar-refractivity contribution in [2.45, 2.75) is 6.10 Å². The molecule has 9 heteroatoms. The third-order valence-corrected chi connectivity index (χ3v) is 3.76. The smallest absolute Gasteiger partial charge is 0.417 e. The molecule has 1 atom stereocenters. The van der Waals surface area contributed by atoms with Gasteiger partial charge < -0.3 is 30.3 Å². The highest BCUT2D eigenvalue weighted by Crippen LogP contribution is 2.20. The lowest BCUT2D eigenvalue weighted by Crippen LogP contribution is -2.36. The molecule has 4 N–H and O–H groups in total. The molecular weight excluding hydrogens is 380 g/mol. The first-order valence-electron chi connectivity index (χ1n) is 8.84. The topological polar surface area (TPSA) is 134 Å². The molecule has 0 fully saturated rings. The molecule has 0 saturated heterocycles. The standard InChI is InChI=1S/C20H22N2O7/c23-15-8-6-14(7-9-15)17(29-20(27)19(25)26)12-21-10-11-22-18(24)13-28-16-4-2-1-3-5-16/h1-9,17,21,23H,10-13H2,(H,22,24)(H,25,26). The fourth-order valence-electron chi connectivity index (χ4n) is 2.34. The Balaban J connectivity index is 1.74. The number of ether oxygens (including phenoxy) is 2. The van der Waals surface area contributed by atoms with E-state index in [9.17, 15) is 19.5 Å². The molecule has 0 spiro atoms. The first-order chi connectivity index (χ1) is 14.0. The molecule has 1 amide bonds. The lowest BCUT2D eigenvalue weighted by Gasteiger charge is -2.18. The van der Waals surface area contributed by atoms with Crippen LogP contribution in [-0.2, 0) is 19.1 Å². The molecule has 2 aromatic carbocycles. The van der Waals surface area contributed by atoms with Gasteiger partial charge in [0.15, 0.2) is 6.61 Å². The van der Waals surface area contributed by atoms with E-state index in [2.05, 4.69) is 10.6 Å². The van der Waals surface area contributed by atoms with Crippen molar-refractivity contribution >= 4 is 17.8 Å². The summed E-state index contributed by atoms with van der Waals surface area (Å²) < 4.78 is 10.3. The van der Waals surface area contributed by atoms with E-state index in [1.807, 2.05) is 6.07 Å². The molecule has 2 aromatic rings. The van der Waals surface area contributed by atoms with Crippen molar-refractivity contribution in [2.24, 2.45) is 0 Å². The van der Waals surface area contributed by atoms with Crippen molar-refractivity contribution < 1.29 is 34.1 Å². The van der Waals surface area contributed by atoms with Gasteiger partial charge >= 0.3 is 11.9 Å². The molecule has 9 nitrogen and oxygen atoms in total. The second-order valence-electron chi connectivity index (χ2n) is 5.95. The number of phenols is 1. The molecule has 0 saturated carbocycles. The molecule has 0 aromatic heterocycles. The molecule has 0 aliphatic rings. The van der Waals surface area contributed by atoms with Crippen LogP contribution in [0.25, 0.3) is 0 Å². The number of para-hydroxylation sites is 1. The van der Waals surface area contributed by atoms with Gasteiger partial charge in [0.25, 0.3) is 5.91 Å². The summed E-state index contributed by atoms with van der Waals surface area (Å²) in [6, 6.07) is 14.8. The van der Waals surface area contributed by atoms with Crippen LogP contribution in [0.2, 0.25) is 0 Å². The number of rotatable bonds is 10. The van der Waals surface area contributed by atoms with Crippen LogP contribution in [0, 0.1) is 0 Å². The monoisotopic (exact) mass is 402 g/mol. The van der Waals surface area contributed by atoms with Gasteiger partial charge in [-0.05, 0) is 29.8 Å². The number of amides is 1. The predicted octanol–water partition coefficient (Wildman–Crippen LogP) is 0.846. The molecule has 154 valence electrons. The zero-order valence-corrected chi connectivity index (χ0v) is 15.5. The van der Waals surface area contributed by atoms with Crippen molar-refractivity contribution in [2.75, 3.05) is 26.2 Å². The molecule has 0 heterocycles. The highest BCUT2D eigenvalue weighted by molar-refractivity contribution is 6.28. The van der Waals surface area contributed by atoms with Gasteiger partial charge in [0.05, 0.1) is 0 Å². The van der Waals surface area contributed by atoms with Crippen LogP contribution in [0.15, 0.2) is 54.6 Å². The Hall–Kier alpha value is -3.59. The molecule has 1 unspecified atom stereocenters. The molecule has 2 rings (SSSR count). The number of hydrogen-bond acceptors (Lipinski definition) is 7. The normalized spacial score (nSPS) is 11.3. The van der Waals surface area contributed by atoms with Gasteiger partial charge in [-0.2, -0.15) is 0 Å². The number of carbonyl (C=O) groups excluding carboxylic acids is 2. The first kappa shape index (κ1) is 21.7. The molecular formula is C20H22N2O7. The fourth-order valence-corrected chi connectivity index (χ4v) is 2.34. The zero-order chi connectivity index (χ0) is 21.1. The van der Waals surface area contributed by atoms with Crippen LogP contribution in [0.1, 0.15) is 11.7 Å². The first-order valence-corrected chi connectivity index (χ1v) is 8.84. The van der Waals surface area contributed by atoms with Crippen LogP contribution in [-0.4, -0.2) is 54.3 Å². The average molecular weight is 402 g/mol. The number of carbonyl (C=O) groups is 3. The second kappa shape index (κ2) is 11.3. The maximum absolute atomic E-state index is 11.8. The zero-order valence-electron chi connectivity index (χ0n) is 15.5. The number of nitrogens with one attached hydrogen (secondary N) is 2. The minimum Gasteiger partial charge on any atom is -0.508 e. The lowest BCUT2D eigenvalue weighted by atomic mass is 10.1. The Morgan fingerprint density at radius 1 is 0.966 bits per heavy atom. The Labute approximate surface area is 167 Å². The lowest BCUT2D eigenvalue weighted by molar-refractivity contribution is -0.167. The predicted molar refractivity (Wildman–Crippen MR) is 102 cm³/mol. The number of hydrogen-bond donors (Lipinski definition) is 4. The highest BCUT2D eigenvalue weighted by atomic mass is 16.6. The van der Waals surface area contributed by atoms with Crippen molar-refractivity contribution in [3.63, 3.8) is 0 Å². The van der Waals surface area contributed by atoms with Crippen LogP contribution in [0.4, 0.5) is 0 Å². The minimum atomic E-state index is -1.69. The number of carboxylic acids is 1. The molecule has 0 radical (unpaired) electrons. The quantitative estimate of drug-likeness (QED) is 0.261. The van der Waals surface area contributed by atoms with Gasteiger partial charge in [-0.25, -0.2) is 9.59 Å². The number of aliphatic carboxylic acids is 1. The molecule has 29 heavy (non-hydrogen) atoms. The van der Waals surface area contributed by atoms with E-state index >= 15 is 0 Å². The Kier molecular flexibility index (Phi) is 8.46. The summed E-state index contributed by atoms with van der Waals surface area (Å²) in [6.45, 7) is 0.666. The van der Waals surface area contributed by atoms with Crippen molar-refractivity contribution in [1.29, 1.82) is 0 Å². The Morgan fingerprint density at radius 3 is 2.31 bits per heavy atom. The van der Waals surface area contributed by atoms with E-state index < -0.39 is 18.0 Å². The van der Waals surface area contributed by atoms with Crippen LogP contribution in [0.5, 0.6) is 11.5 Å². The van der Waals surface area contributed by atoms with Gasteiger partial charge in [0.2, 0.25) is 0 Å². The number of phenolic OH excluding ortho intramolecular Hbond substituents is 1. The Morgan fingerprint density at radius 2 is 1.66 bits per heavy atom. The van der Waals surface area contributed by atoms with Crippen molar-refractivity contribution in [1.82, 2.24) is 10.6 Å². The average Bonchev–Trinajstić information content (AvgIpc) is 2.72. The highest BCUT2D eigenvalue weighted by Gasteiger charge is 2.21. The summed E-state index contributed by atoms with van der Waals surface area (Å²) in [7, 11) is 0. The summed E-state index contributed by atoms with van der Waals surface area (Å²) >= 11 is 0. The van der Waals surface area contributed by atoms with Crippen molar-refractivity contribution in [3.8, 4) is 11.5 Å². The van der Waals surface area contributed by atoms with Gasteiger partial charge in [-0.1, -0.05) is 30.3 Å². The second-order valence-corrected chi connectivity index (χ2v) is 5.95. The molecule has 0 aliphatic carbocycles. The summed E-state index contributed by atoms with van der Waals surface area (Å²) in [6.07, 6.45) is -0.865. The fraction of sp³-hybridized carbons (Fsp3) is 0.250. The Bertz CT molecular complexity index is 809. The van der Waals surface area contributed by atoms with E-state index in [1.165, 1.54) is 24.3 Å². The van der Waals surface area contributed by atoms with Gasteiger partial charge in [-0.3, -0.25) is 4.79 Å². The van der Waals surface area contributed by atoms with Crippen LogP contribution in [0.3, 0.4) is 0 Å². The SMILES string of the molecule is O=C(COc1ccccc1)NCCNCC(OC(=O)C(=O)O)c1ccc(O)cc1. The summed E-state index contributed by atoms with van der Waals surface area (Å²) in [4.78, 5) is 33.9. The van der Waals surface area contributed by atoms with Crippen molar-refractivity contribution in [3.05, 3.63) is 60.2 Å². The largest absolute Gasteiger partial charge is 0.508 e. The van der Waals surface area contributed by atoms with E-state index in [1.54, 1.807) is 24.3 Å². The van der Waals surface area contributed by atoms with E-state index in [4.69, 9.17) is 14.6 Å². The summed E-state index contributed by atoms with van der Waals surface area (Å²) in [5, 5.41) is 23.7. The van der Waals surface area contributed by atoms with E-state index in [-0.39, 0.29) is 24.8 Å². The minimum absolute atomic E-state index is 0.0328. The van der Waals surface area contributed by atoms with Gasteiger partial charge in [-0.15, -0.1) is 0 Å². The maximum atomic E-state index is 11.8. The van der Waals surface area contributed by atoms with Crippen LogP contribution >= 0.6 is 0 Å². The maximum Gasteiger partial charge on any atom is 0.417 e. The third kappa shape index (κ3) is 7.89. The third-order valence-electron chi connectivity index (χ3n) is 3.76. The van der Waals surface area contributed by atoms with E-state index in [0.717, 1.165) is 0 Å². The van der Waals surface area contributed by atoms with Gasteiger partial charge in [0, 0.05) is 19.6 Å². The van der Waals surface area contributed by atoms with Gasteiger partial charge in [0.1, 0.15) is 17.6 Å². The molecule has 0 aliphatic heterocycles.